The highest BCUT2D eigenvalue weighted by molar-refractivity contribution is 5.95. The third-order valence-electron chi connectivity index (χ3n) is 1.07. The van der Waals surface area contributed by atoms with Crippen LogP contribution in [-0.2, 0) is 23.9 Å². The third-order valence-corrected chi connectivity index (χ3v) is 1.07. The molecule has 0 aliphatic carbocycles. The van der Waals surface area contributed by atoms with E-state index in [1.165, 1.54) is 0 Å². The molecule has 2 N–H and O–H groups in total. The summed E-state index contributed by atoms with van der Waals surface area (Å²) in [5, 5.41) is 16.3. The first-order valence-electron chi connectivity index (χ1n) is 3.59. The fourth-order valence-corrected chi connectivity index (χ4v) is 0.547. The number of hydrogen-bond donors (Lipinski definition) is 2. The molecule has 0 rings (SSSR count). The first kappa shape index (κ1) is 12.1. The van der Waals surface area contributed by atoms with Crippen LogP contribution < -0.4 is 0 Å². The molecule has 0 atom stereocenters. The van der Waals surface area contributed by atoms with Gasteiger partial charge in [-0.15, -0.1) is 0 Å². The molecule has 0 amide bonds. The minimum atomic E-state index is -1.42. The molecular formula is C7H8O7. The van der Waals surface area contributed by atoms with Crippen molar-refractivity contribution in [2.24, 2.45) is 0 Å². The molecule has 7 nitrogen and oxygen atoms in total. The molecular weight excluding hydrogens is 196 g/mol. The van der Waals surface area contributed by atoms with Crippen molar-refractivity contribution in [2.75, 3.05) is 0 Å². The number of carbonyl (C=O) groups is 4. The van der Waals surface area contributed by atoms with Crippen LogP contribution in [-0.4, -0.2) is 34.1 Å². The van der Waals surface area contributed by atoms with Crippen LogP contribution in [0.25, 0.3) is 0 Å². The molecule has 0 saturated carbocycles. The summed E-state index contributed by atoms with van der Waals surface area (Å²) >= 11 is 0. The molecule has 14 heavy (non-hydrogen) atoms. The quantitative estimate of drug-likeness (QED) is 0.453. The van der Waals surface area contributed by atoms with Gasteiger partial charge in [0, 0.05) is 0 Å². The summed E-state index contributed by atoms with van der Waals surface area (Å²) in [4.78, 5) is 41.1. The van der Waals surface area contributed by atoms with Gasteiger partial charge in [0.1, 0.15) is 6.42 Å². The van der Waals surface area contributed by atoms with Gasteiger partial charge >= 0.3 is 23.9 Å². The molecule has 0 spiro atoms. The Morgan fingerprint density at radius 1 is 0.857 bits per heavy atom. The summed E-state index contributed by atoms with van der Waals surface area (Å²) < 4.78 is 3.99. The van der Waals surface area contributed by atoms with Crippen LogP contribution in [0.15, 0.2) is 0 Å². The van der Waals surface area contributed by atoms with Gasteiger partial charge in [0.25, 0.3) is 0 Å². The van der Waals surface area contributed by atoms with Crippen molar-refractivity contribution in [3.8, 4) is 0 Å². The number of carbonyl (C=O) groups excluding carboxylic acids is 2. The highest BCUT2D eigenvalue weighted by atomic mass is 16.6. The summed E-state index contributed by atoms with van der Waals surface area (Å²) in [5.41, 5.74) is 0. The Labute approximate surface area is 78.3 Å². The van der Waals surface area contributed by atoms with E-state index in [0.717, 1.165) is 0 Å². The van der Waals surface area contributed by atoms with Gasteiger partial charge in [0.15, 0.2) is 0 Å². The predicted molar refractivity (Wildman–Crippen MR) is 40.2 cm³/mol. The number of esters is 2. The average Bonchev–Trinajstić information content (AvgIpc) is 1.98. The van der Waals surface area contributed by atoms with Gasteiger partial charge in [-0.25, -0.2) is 0 Å². The second kappa shape index (κ2) is 5.68. The van der Waals surface area contributed by atoms with E-state index in [1.807, 2.05) is 0 Å². The summed E-state index contributed by atoms with van der Waals surface area (Å²) in [6, 6.07) is 0. The summed E-state index contributed by atoms with van der Waals surface area (Å²) in [7, 11) is 0. The molecule has 0 saturated heterocycles. The number of carboxylic acid groups (broad SMARTS) is 2. The van der Waals surface area contributed by atoms with Crippen LogP contribution in [0.4, 0.5) is 0 Å². The van der Waals surface area contributed by atoms with E-state index in [-0.39, 0.29) is 0 Å². The van der Waals surface area contributed by atoms with Gasteiger partial charge in [-0.2, -0.15) is 0 Å². The maximum absolute atomic E-state index is 10.6. The number of hydrogen-bond acceptors (Lipinski definition) is 5. The lowest BCUT2D eigenvalue weighted by atomic mass is 10.3. The lowest BCUT2D eigenvalue weighted by Crippen LogP contribution is -2.16. The van der Waals surface area contributed by atoms with Crippen molar-refractivity contribution in [2.45, 2.75) is 19.3 Å². The first-order valence-corrected chi connectivity index (χ1v) is 3.59. The maximum Gasteiger partial charge on any atom is 0.324 e. The van der Waals surface area contributed by atoms with Crippen molar-refractivity contribution in [3.05, 3.63) is 0 Å². The molecule has 7 heteroatoms. The van der Waals surface area contributed by atoms with Gasteiger partial charge in [0.05, 0.1) is 12.8 Å². The molecule has 0 aliphatic heterocycles. The summed E-state index contributed by atoms with van der Waals surface area (Å²) in [6.07, 6.45) is -1.83. The standard InChI is InChI=1S/C7H8O7/c8-4(9)1-2-6(12)14-7(13)3-5(10)11/h1-3H2,(H,8,9)(H,10,11). The fraction of sp³-hybridized carbons (Fsp3) is 0.429. The normalized spacial score (nSPS) is 9.14. The van der Waals surface area contributed by atoms with Crippen LogP contribution in [0.5, 0.6) is 0 Å². The Morgan fingerprint density at radius 2 is 1.43 bits per heavy atom. The average molecular weight is 204 g/mol. The minimum absolute atomic E-state index is 0.458. The number of rotatable bonds is 5. The van der Waals surface area contributed by atoms with Crippen LogP contribution >= 0.6 is 0 Å². The van der Waals surface area contributed by atoms with E-state index in [4.69, 9.17) is 10.2 Å². The van der Waals surface area contributed by atoms with Crippen molar-refractivity contribution in [1.82, 2.24) is 0 Å². The van der Waals surface area contributed by atoms with Crippen LogP contribution in [0, 0.1) is 0 Å². The Kier molecular flexibility index (Phi) is 4.90. The summed E-state index contributed by atoms with van der Waals surface area (Å²) in [5.74, 6) is -4.86. The van der Waals surface area contributed by atoms with Crippen LogP contribution in [0.2, 0.25) is 0 Å². The first-order chi connectivity index (χ1) is 6.41. The molecule has 0 bridgehead atoms. The molecule has 0 fully saturated rings. The maximum atomic E-state index is 10.6. The Hall–Kier alpha value is -1.92. The minimum Gasteiger partial charge on any atom is -0.481 e. The summed E-state index contributed by atoms with van der Waals surface area (Å²) in [6.45, 7) is 0. The highest BCUT2D eigenvalue weighted by Gasteiger charge is 2.14. The van der Waals surface area contributed by atoms with Gasteiger partial charge < -0.3 is 14.9 Å². The zero-order valence-corrected chi connectivity index (χ0v) is 7.06. The zero-order chi connectivity index (χ0) is 11.1. The van der Waals surface area contributed by atoms with E-state index in [9.17, 15) is 19.2 Å². The third kappa shape index (κ3) is 6.77. The largest absolute Gasteiger partial charge is 0.481 e. The van der Waals surface area contributed by atoms with Crippen LogP contribution in [0.3, 0.4) is 0 Å². The number of ether oxygens (including phenoxy) is 1. The van der Waals surface area contributed by atoms with Crippen molar-refractivity contribution in [1.29, 1.82) is 0 Å². The molecule has 0 aliphatic rings. The molecule has 0 heterocycles. The van der Waals surface area contributed by atoms with E-state index in [0.29, 0.717) is 0 Å². The molecule has 0 radical (unpaired) electrons. The lowest BCUT2D eigenvalue weighted by molar-refractivity contribution is -0.162. The lowest BCUT2D eigenvalue weighted by Gasteiger charge is -1.98. The molecule has 0 unspecified atom stereocenters. The van der Waals surface area contributed by atoms with Gasteiger partial charge in [0.2, 0.25) is 0 Å². The predicted octanol–water partition coefficient (Wildman–Crippen LogP) is -0.604. The van der Waals surface area contributed by atoms with Crippen LogP contribution in [0.1, 0.15) is 19.3 Å². The SMILES string of the molecule is O=C(O)CCC(=O)OC(=O)CC(=O)O. The molecule has 78 valence electrons. The van der Waals surface area contributed by atoms with Crippen molar-refractivity contribution < 1.29 is 34.1 Å². The Balaban J connectivity index is 3.77. The molecule has 0 aromatic heterocycles. The second-order valence-corrected chi connectivity index (χ2v) is 2.31. The Bertz CT molecular complexity index is 267. The van der Waals surface area contributed by atoms with Crippen molar-refractivity contribution in [3.63, 3.8) is 0 Å². The van der Waals surface area contributed by atoms with E-state index in [2.05, 4.69) is 4.74 Å². The Morgan fingerprint density at radius 3 is 1.86 bits per heavy atom. The van der Waals surface area contributed by atoms with Gasteiger partial charge in [-0.05, 0) is 0 Å². The van der Waals surface area contributed by atoms with Crippen molar-refractivity contribution >= 4 is 23.9 Å². The van der Waals surface area contributed by atoms with E-state index >= 15 is 0 Å². The monoisotopic (exact) mass is 204 g/mol. The molecule has 0 aromatic rings. The zero-order valence-electron chi connectivity index (χ0n) is 7.06. The number of carboxylic acids is 2. The topological polar surface area (TPSA) is 118 Å². The van der Waals surface area contributed by atoms with E-state index in [1.54, 1.807) is 0 Å². The fourth-order valence-electron chi connectivity index (χ4n) is 0.547. The second-order valence-electron chi connectivity index (χ2n) is 2.31. The van der Waals surface area contributed by atoms with Gasteiger partial charge in [-0.1, -0.05) is 0 Å². The van der Waals surface area contributed by atoms with Gasteiger partial charge in [-0.3, -0.25) is 19.2 Å². The molecule has 0 aromatic carbocycles. The number of aliphatic carboxylic acids is 2. The highest BCUT2D eigenvalue weighted by Crippen LogP contribution is 1.95. The van der Waals surface area contributed by atoms with E-state index < -0.39 is 43.1 Å². The smallest absolute Gasteiger partial charge is 0.324 e.